The Labute approximate surface area is 91.5 Å². The monoisotopic (exact) mass is 223 g/mol. The van der Waals surface area contributed by atoms with Gasteiger partial charge in [-0.15, -0.1) is 0 Å². The van der Waals surface area contributed by atoms with E-state index in [4.69, 9.17) is 11.6 Å². The number of halogens is 1. The van der Waals surface area contributed by atoms with Crippen molar-refractivity contribution in [3.63, 3.8) is 0 Å². The fraction of sp³-hybridized carbons (Fsp3) is 0.100. The molecule has 0 aliphatic rings. The minimum absolute atomic E-state index is 0.111. The highest BCUT2D eigenvalue weighted by atomic mass is 35.5. The second-order valence-electron chi connectivity index (χ2n) is 3.05. The maximum atomic E-state index is 11.7. The number of rotatable bonds is 2. The largest absolute Gasteiger partial charge is 0.382 e. The zero-order valence-electron chi connectivity index (χ0n) is 8.12. The highest BCUT2D eigenvalue weighted by Gasteiger charge is 2.05. The van der Waals surface area contributed by atoms with Crippen LogP contribution in [0.4, 0.5) is 5.69 Å². The number of hydrogen-bond acceptors (Lipinski definition) is 2. The zero-order chi connectivity index (χ0) is 10.8. The molecule has 1 heterocycles. The molecule has 0 atom stereocenters. The normalized spacial score (nSPS) is 10.3. The van der Waals surface area contributed by atoms with E-state index in [0.29, 0.717) is 10.7 Å². The van der Waals surface area contributed by atoms with E-state index >= 15 is 0 Å². The third-order valence-corrected chi connectivity index (χ3v) is 2.38. The van der Waals surface area contributed by atoms with Crippen LogP contribution in [0.1, 0.15) is 0 Å². The first-order chi connectivity index (χ1) is 7.22. The van der Waals surface area contributed by atoms with Gasteiger partial charge in [0.15, 0.2) is 0 Å². The molecule has 0 saturated heterocycles. The van der Waals surface area contributed by atoms with Crippen LogP contribution < -0.4 is 10.9 Å². The van der Waals surface area contributed by atoms with Gasteiger partial charge in [-0.25, -0.2) is 4.68 Å². The van der Waals surface area contributed by atoms with E-state index in [0.717, 1.165) is 5.69 Å². The molecule has 15 heavy (non-hydrogen) atoms. The lowest BCUT2D eigenvalue weighted by Crippen LogP contribution is -2.16. The topological polar surface area (TPSA) is 49.8 Å². The second-order valence-corrected chi connectivity index (χ2v) is 3.49. The molecule has 0 amide bonds. The van der Waals surface area contributed by atoms with Crippen molar-refractivity contribution in [2.24, 2.45) is 0 Å². The number of benzene rings is 1. The molecular formula is C10H10ClN3O. The summed E-state index contributed by atoms with van der Waals surface area (Å²) in [6.45, 7) is 0. The van der Waals surface area contributed by atoms with E-state index in [2.05, 4.69) is 10.4 Å². The molecule has 4 nitrogen and oxygen atoms in total. The van der Waals surface area contributed by atoms with Crippen LogP contribution in [0, 0.1) is 0 Å². The molecule has 2 rings (SSSR count). The highest BCUT2D eigenvalue weighted by Crippen LogP contribution is 2.11. The molecule has 2 aromatic rings. The summed E-state index contributed by atoms with van der Waals surface area (Å²) in [7, 11) is 1.71. The van der Waals surface area contributed by atoms with E-state index in [-0.39, 0.29) is 5.56 Å². The number of hydrogen-bond donors (Lipinski definition) is 2. The first-order valence-corrected chi connectivity index (χ1v) is 4.84. The van der Waals surface area contributed by atoms with Crippen molar-refractivity contribution >= 4 is 17.3 Å². The molecule has 0 aliphatic carbocycles. The summed E-state index contributed by atoms with van der Waals surface area (Å²) in [5, 5.41) is 6.31. The molecular weight excluding hydrogens is 214 g/mol. The van der Waals surface area contributed by atoms with Gasteiger partial charge >= 0.3 is 0 Å². The minimum atomic E-state index is -0.111. The standard InChI is InChI=1S/C10H10ClN3O/c1-12-9-6-13-14(10(9)15)8-4-2-7(11)3-5-8/h2-6,12-13H,1H3. The Bertz CT molecular complexity index is 512. The minimum Gasteiger partial charge on any atom is -0.382 e. The van der Waals surface area contributed by atoms with E-state index in [9.17, 15) is 4.79 Å². The van der Waals surface area contributed by atoms with E-state index in [1.807, 2.05) is 0 Å². The summed E-state index contributed by atoms with van der Waals surface area (Å²) in [5.41, 5.74) is 1.18. The van der Waals surface area contributed by atoms with E-state index in [1.54, 1.807) is 37.5 Å². The van der Waals surface area contributed by atoms with Crippen molar-refractivity contribution < 1.29 is 0 Å². The van der Waals surface area contributed by atoms with Gasteiger partial charge in [-0.05, 0) is 24.3 Å². The van der Waals surface area contributed by atoms with Gasteiger partial charge in [0.1, 0.15) is 5.69 Å². The Hall–Kier alpha value is -1.68. The number of aromatic nitrogens is 2. The first kappa shape index (κ1) is 9.86. The predicted octanol–water partition coefficient (Wildman–Crippen LogP) is 1.86. The molecule has 1 aromatic heterocycles. The van der Waals surface area contributed by atoms with Gasteiger partial charge < -0.3 is 5.32 Å². The average molecular weight is 224 g/mol. The Kier molecular flexibility index (Phi) is 2.51. The lowest BCUT2D eigenvalue weighted by Gasteiger charge is -2.00. The third-order valence-electron chi connectivity index (χ3n) is 2.13. The number of nitrogens with zero attached hydrogens (tertiary/aromatic N) is 1. The number of H-pyrrole nitrogens is 1. The third kappa shape index (κ3) is 1.76. The van der Waals surface area contributed by atoms with Gasteiger partial charge in [0, 0.05) is 18.3 Å². The summed E-state index contributed by atoms with van der Waals surface area (Å²) in [6, 6.07) is 7.03. The van der Waals surface area contributed by atoms with Gasteiger partial charge in [0.05, 0.1) is 5.69 Å². The van der Waals surface area contributed by atoms with Gasteiger partial charge in [-0.1, -0.05) is 11.6 Å². The maximum absolute atomic E-state index is 11.7. The molecule has 1 aromatic carbocycles. The van der Waals surface area contributed by atoms with Gasteiger partial charge in [0.25, 0.3) is 5.56 Å². The van der Waals surface area contributed by atoms with Crippen LogP contribution in [0.5, 0.6) is 0 Å². The summed E-state index contributed by atoms with van der Waals surface area (Å²) in [6.07, 6.45) is 1.62. The predicted molar refractivity (Wildman–Crippen MR) is 60.9 cm³/mol. The molecule has 0 spiro atoms. The quantitative estimate of drug-likeness (QED) is 0.817. The Morgan fingerprint density at radius 2 is 2.00 bits per heavy atom. The summed E-state index contributed by atoms with van der Waals surface area (Å²) >= 11 is 5.76. The van der Waals surface area contributed by atoms with Crippen molar-refractivity contribution in [3.05, 3.63) is 45.8 Å². The van der Waals surface area contributed by atoms with Crippen LogP contribution in [0.25, 0.3) is 5.69 Å². The molecule has 78 valence electrons. The van der Waals surface area contributed by atoms with Gasteiger partial charge in [-0.2, -0.15) is 0 Å². The second kappa shape index (κ2) is 3.82. The van der Waals surface area contributed by atoms with Crippen molar-refractivity contribution in [2.45, 2.75) is 0 Å². The van der Waals surface area contributed by atoms with Crippen LogP contribution in [-0.4, -0.2) is 16.8 Å². The summed E-state index contributed by atoms with van der Waals surface area (Å²) in [4.78, 5) is 11.7. The SMILES string of the molecule is CNc1c[nH]n(-c2ccc(Cl)cc2)c1=O. The molecule has 0 fully saturated rings. The van der Waals surface area contributed by atoms with Crippen molar-refractivity contribution in [3.8, 4) is 5.69 Å². The lowest BCUT2D eigenvalue weighted by molar-refractivity contribution is 0.850. The fourth-order valence-electron chi connectivity index (χ4n) is 1.33. The zero-order valence-corrected chi connectivity index (χ0v) is 8.88. The molecule has 0 bridgehead atoms. The van der Waals surface area contributed by atoms with Crippen LogP contribution in [-0.2, 0) is 0 Å². The van der Waals surface area contributed by atoms with Crippen molar-refractivity contribution in [1.82, 2.24) is 9.78 Å². The average Bonchev–Trinajstić information content (AvgIpc) is 2.61. The summed E-state index contributed by atoms with van der Waals surface area (Å²) in [5.74, 6) is 0. The molecule has 0 unspecified atom stereocenters. The van der Waals surface area contributed by atoms with E-state index in [1.165, 1.54) is 4.68 Å². The first-order valence-electron chi connectivity index (χ1n) is 4.46. The fourth-order valence-corrected chi connectivity index (χ4v) is 1.46. The van der Waals surface area contributed by atoms with Gasteiger partial charge in [-0.3, -0.25) is 9.89 Å². The van der Waals surface area contributed by atoms with Gasteiger partial charge in [0.2, 0.25) is 0 Å². The summed E-state index contributed by atoms with van der Waals surface area (Å²) < 4.78 is 1.45. The van der Waals surface area contributed by atoms with Crippen LogP contribution in [0.3, 0.4) is 0 Å². The van der Waals surface area contributed by atoms with E-state index < -0.39 is 0 Å². The number of nitrogens with one attached hydrogen (secondary N) is 2. The van der Waals surface area contributed by atoms with Crippen LogP contribution >= 0.6 is 11.6 Å². The molecule has 5 heteroatoms. The van der Waals surface area contributed by atoms with Crippen LogP contribution in [0.15, 0.2) is 35.3 Å². The molecule has 2 N–H and O–H groups in total. The molecule has 0 saturated carbocycles. The Morgan fingerprint density at radius 1 is 1.33 bits per heavy atom. The van der Waals surface area contributed by atoms with Crippen molar-refractivity contribution in [1.29, 1.82) is 0 Å². The Balaban J connectivity index is 2.50. The maximum Gasteiger partial charge on any atom is 0.294 e. The highest BCUT2D eigenvalue weighted by molar-refractivity contribution is 6.30. The van der Waals surface area contributed by atoms with Crippen LogP contribution in [0.2, 0.25) is 5.02 Å². The molecule has 0 radical (unpaired) electrons. The number of aromatic amines is 1. The molecule has 0 aliphatic heterocycles. The number of anilines is 1. The van der Waals surface area contributed by atoms with Crippen molar-refractivity contribution in [2.75, 3.05) is 12.4 Å². The lowest BCUT2D eigenvalue weighted by atomic mass is 10.3. The Morgan fingerprint density at radius 3 is 2.53 bits per heavy atom. The smallest absolute Gasteiger partial charge is 0.294 e.